The van der Waals surface area contributed by atoms with Crippen LogP contribution in [0.25, 0.3) is 0 Å². The van der Waals surface area contributed by atoms with Gasteiger partial charge in [-0.3, -0.25) is 0 Å². The Morgan fingerprint density at radius 3 is 2.71 bits per heavy atom. The van der Waals surface area contributed by atoms with E-state index >= 15 is 0 Å². The van der Waals surface area contributed by atoms with Crippen molar-refractivity contribution in [1.29, 1.82) is 0 Å². The molecule has 5 nitrogen and oxygen atoms in total. The second-order valence-electron chi connectivity index (χ2n) is 3.36. The van der Waals surface area contributed by atoms with Gasteiger partial charge in [-0.2, -0.15) is 0 Å². The summed E-state index contributed by atoms with van der Waals surface area (Å²) in [7, 11) is 2.99. The molecule has 0 spiro atoms. The highest BCUT2D eigenvalue weighted by Gasteiger charge is 2.15. The molecule has 0 amide bonds. The van der Waals surface area contributed by atoms with Crippen LogP contribution in [0, 0.1) is 6.92 Å². The lowest BCUT2D eigenvalue weighted by Gasteiger charge is -2.00. The molecule has 0 saturated heterocycles. The maximum absolute atomic E-state index is 11.3. The summed E-state index contributed by atoms with van der Waals surface area (Å²) in [6.07, 6.45) is 0.701. The molecule has 1 heterocycles. The summed E-state index contributed by atoms with van der Waals surface area (Å²) in [6.45, 7) is 3.60. The van der Waals surface area contributed by atoms with Crippen LogP contribution < -0.4 is 0 Å². The van der Waals surface area contributed by atoms with E-state index in [0.29, 0.717) is 31.9 Å². The number of hydrogen-bond donors (Lipinski definition) is 0. The molecule has 0 bridgehead atoms. The predicted octanol–water partition coefficient (Wildman–Crippen LogP) is 1.44. The fraction of sp³-hybridized carbons (Fsp3) is 0.636. The number of carbonyl (C=O) groups is 1. The standard InChI is InChI=1S/C11H17NO4S/c1-8-10(11(13)15-3)12-9(17-8)4-5-16-7-6-14-2/h4-7H2,1-3H3. The molecule has 0 saturated carbocycles. The van der Waals surface area contributed by atoms with Crippen molar-refractivity contribution in [3.8, 4) is 0 Å². The van der Waals surface area contributed by atoms with Crippen LogP contribution in [-0.2, 0) is 20.6 Å². The molecule has 1 aromatic heterocycles. The lowest BCUT2D eigenvalue weighted by molar-refractivity contribution is 0.0593. The van der Waals surface area contributed by atoms with Crippen molar-refractivity contribution >= 4 is 17.3 Å². The van der Waals surface area contributed by atoms with Crippen molar-refractivity contribution in [2.24, 2.45) is 0 Å². The smallest absolute Gasteiger partial charge is 0.357 e. The van der Waals surface area contributed by atoms with Crippen molar-refractivity contribution < 1.29 is 19.0 Å². The molecule has 96 valence electrons. The zero-order chi connectivity index (χ0) is 12.7. The lowest BCUT2D eigenvalue weighted by atomic mass is 10.4. The maximum Gasteiger partial charge on any atom is 0.357 e. The minimum Gasteiger partial charge on any atom is -0.464 e. The molecule has 1 rings (SSSR count). The molecule has 0 aliphatic heterocycles. The first-order valence-corrected chi connectivity index (χ1v) is 6.12. The van der Waals surface area contributed by atoms with Gasteiger partial charge in [0, 0.05) is 18.4 Å². The van der Waals surface area contributed by atoms with Crippen molar-refractivity contribution in [3.63, 3.8) is 0 Å². The monoisotopic (exact) mass is 259 g/mol. The average Bonchev–Trinajstić information content (AvgIpc) is 2.69. The van der Waals surface area contributed by atoms with Gasteiger partial charge in [0.15, 0.2) is 5.69 Å². The zero-order valence-electron chi connectivity index (χ0n) is 10.3. The third-order valence-corrected chi connectivity index (χ3v) is 3.14. The molecule has 0 aliphatic carbocycles. The molecule has 0 unspecified atom stereocenters. The van der Waals surface area contributed by atoms with Crippen LogP contribution in [0.1, 0.15) is 20.4 Å². The Hall–Kier alpha value is -0.980. The third kappa shape index (κ3) is 4.41. The van der Waals surface area contributed by atoms with Gasteiger partial charge in [-0.25, -0.2) is 9.78 Å². The van der Waals surface area contributed by atoms with Gasteiger partial charge in [-0.15, -0.1) is 11.3 Å². The quantitative estimate of drug-likeness (QED) is 0.548. The molecule has 0 aromatic carbocycles. The van der Waals surface area contributed by atoms with Gasteiger partial charge in [0.1, 0.15) is 0 Å². The first kappa shape index (κ1) is 14.1. The van der Waals surface area contributed by atoms with Crippen LogP contribution in [0.2, 0.25) is 0 Å². The molecule has 0 N–H and O–H groups in total. The van der Waals surface area contributed by atoms with E-state index in [0.717, 1.165) is 9.88 Å². The molecule has 1 aromatic rings. The number of hydrogen-bond acceptors (Lipinski definition) is 6. The van der Waals surface area contributed by atoms with E-state index in [1.165, 1.54) is 18.4 Å². The SMILES string of the molecule is COCCOCCc1nc(C(=O)OC)c(C)s1. The summed E-state index contributed by atoms with van der Waals surface area (Å²) in [5.74, 6) is -0.384. The highest BCUT2D eigenvalue weighted by atomic mass is 32.1. The Labute approximate surface area is 105 Å². The van der Waals surface area contributed by atoms with Gasteiger partial charge in [-0.1, -0.05) is 0 Å². The summed E-state index contributed by atoms with van der Waals surface area (Å²) in [5, 5.41) is 0.889. The van der Waals surface area contributed by atoms with Gasteiger partial charge in [0.25, 0.3) is 0 Å². The summed E-state index contributed by atoms with van der Waals surface area (Å²) < 4.78 is 14.8. The fourth-order valence-corrected chi connectivity index (χ4v) is 2.15. The molecular weight excluding hydrogens is 242 g/mol. The van der Waals surface area contributed by atoms with Crippen molar-refractivity contribution in [1.82, 2.24) is 4.98 Å². The molecule has 0 radical (unpaired) electrons. The number of rotatable bonds is 7. The predicted molar refractivity (Wildman–Crippen MR) is 64.6 cm³/mol. The zero-order valence-corrected chi connectivity index (χ0v) is 11.1. The summed E-state index contributed by atoms with van der Waals surface area (Å²) in [4.78, 5) is 16.4. The summed E-state index contributed by atoms with van der Waals surface area (Å²) in [5.41, 5.74) is 0.407. The second kappa shape index (κ2) is 7.37. The minimum atomic E-state index is -0.384. The van der Waals surface area contributed by atoms with E-state index in [-0.39, 0.29) is 5.97 Å². The van der Waals surface area contributed by atoms with Crippen LogP contribution in [0.15, 0.2) is 0 Å². The van der Waals surface area contributed by atoms with Crippen LogP contribution in [0.4, 0.5) is 0 Å². The number of esters is 1. The number of aromatic nitrogens is 1. The van der Waals surface area contributed by atoms with Gasteiger partial charge in [0.05, 0.1) is 31.9 Å². The summed E-state index contributed by atoms with van der Waals surface area (Å²) >= 11 is 1.50. The van der Waals surface area contributed by atoms with Gasteiger partial charge < -0.3 is 14.2 Å². The number of carbonyl (C=O) groups excluding carboxylic acids is 1. The normalized spacial score (nSPS) is 10.5. The fourth-order valence-electron chi connectivity index (χ4n) is 1.25. The highest BCUT2D eigenvalue weighted by Crippen LogP contribution is 2.18. The van der Waals surface area contributed by atoms with Gasteiger partial charge >= 0.3 is 5.97 Å². The third-order valence-electron chi connectivity index (χ3n) is 2.11. The number of aryl methyl sites for hydroxylation is 1. The Kier molecular flexibility index (Phi) is 6.10. The van der Waals surface area contributed by atoms with E-state index in [4.69, 9.17) is 9.47 Å². The van der Waals surface area contributed by atoms with Gasteiger partial charge in [-0.05, 0) is 6.92 Å². The molecule has 17 heavy (non-hydrogen) atoms. The summed E-state index contributed by atoms with van der Waals surface area (Å²) in [6, 6.07) is 0. The Balaban J connectivity index is 2.42. The van der Waals surface area contributed by atoms with Crippen molar-refractivity contribution in [2.75, 3.05) is 34.0 Å². The van der Waals surface area contributed by atoms with E-state index in [9.17, 15) is 4.79 Å². The topological polar surface area (TPSA) is 57.7 Å². The number of thiazole rings is 1. The Morgan fingerprint density at radius 1 is 1.29 bits per heavy atom. The number of methoxy groups -OCH3 is 2. The van der Waals surface area contributed by atoms with E-state index in [1.807, 2.05) is 6.92 Å². The van der Waals surface area contributed by atoms with Crippen molar-refractivity contribution in [3.05, 3.63) is 15.6 Å². The van der Waals surface area contributed by atoms with Gasteiger partial charge in [0.2, 0.25) is 0 Å². The first-order valence-electron chi connectivity index (χ1n) is 5.30. The van der Waals surface area contributed by atoms with Crippen LogP contribution in [0.3, 0.4) is 0 Å². The van der Waals surface area contributed by atoms with Crippen LogP contribution in [0.5, 0.6) is 0 Å². The molecule has 0 aliphatic rings. The lowest BCUT2D eigenvalue weighted by Crippen LogP contribution is -2.06. The van der Waals surface area contributed by atoms with Crippen LogP contribution in [-0.4, -0.2) is 45.0 Å². The van der Waals surface area contributed by atoms with Crippen LogP contribution >= 0.6 is 11.3 Å². The molecule has 6 heteroatoms. The molecule has 0 fully saturated rings. The number of ether oxygens (including phenoxy) is 3. The number of nitrogens with zero attached hydrogens (tertiary/aromatic N) is 1. The maximum atomic E-state index is 11.3. The van der Waals surface area contributed by atoms with E-state index in [1.54, 1.807) is 7.11 Å². The highest BCUT2D eigenvalue weighted by molar-refractivity contribution is 7.11. The Bertz CT molecular complexity index is 364. The van der Waals surface area contributed by atoms with E-state index in [2.05, 4.69) is 9.72 Å². The van der Waals surface area contributed by atoms with Crippen molar-refractivity contribution in [2.45, 2.75) is 13.3 Å². The first-order chi connectivity index (χ1) is 8.19. The Morgan fingerprint density at radius 2 is 2.06 bits per heavy atom. The van der Waals surface area contributed by atoms with E-state index < -0.39 is 0 Å². The minimum absolute atomic E-state index is 0.384. The molecule has 0 atom stereocenters. The molecular formula is C11H17NO4S. The average molecular weight is 259 g/mol. The second-order valence-corrected chi connectivity index (χ2v) is 4.65. The largest absolute Gasteiger partial charge is 0.464 e.